The summed E-state index contributed by atoms with van der Waals surface area (Å²) in [6, 6.07) is 0. The zero-order valence-electron chi connectivity index (χ0n) is 9.91. The van der Waals surface area contributed by atoms with Gasteiger partial charge in [0, 0.05) is 17.8 Å². The summed E-state index contributed by atoms with van der Waals surface area (Å²) < 4.78 is 44.5. The number of amides is 1. The minimum Gasteiger partial charge on any atom is -0.466 e. The average molecular weight is 281 g/mol. The molecule has 0 aliphatic carbocycles. The molecule has 0 atom stereocenters. The normalized spacial score (nSPS) is 12.2. The molecule has 0 radical (unpaired) electrons. The van der Waals surface area contributed by atoms with Gasteiger partial charge in [-0.3, -0.25) is 4.79 Å². The number of alkyl halides is 3. The molecule has 0 bridgehead atoms. The van der Waals surface area contributed by atoms with Crippen molar-refractivity contribution in [3.05, 3.63) is 23.9 Å². The Hall–Kier alpha value is -2.32. The Morgan fingerprint density at radius 2 is 1.53 bits per heavy atom. The molecule has 0 heterocycles. The van der Waals surface area contributed by atoms with E-state index in [9.17, 15) is 27.6 Å². The number of carbonyl (C=O) groups excluding carboxylic acids is 3. The van der Waals surface area contributed by atoms with Crippen LogP contribution in [-0.4, -0.2) is 38.2 Å². The van der Waals surface area contributed by atoms with Gasteiger partial charge >= 0.3 is 24.0 Å². The minimum atomic E-state index is -5.13. The SMILES string of the molecule is COC(=O)/C=C(/C=C/C(=O)OC)NC(=O)C(F)(F)F. The highest BCUT2D eigenvalue weighted by molar-refractivity contribution is 5.89. The molecule has 106 valence electrons. The van der Waals surface area contributed by atoms with Crippen LogP contribution in [0.15, 0.2) is 23.9 Å². The topological polar surface area (TPSA) is 81.7 Å². The lowest BCUT2D eigenvalue weighted by atomic mass is 10.3. The fourth-order valence-electron chi connectivity index (χ4n) is 0.740. The molecule has 19 heavy (non-hydrogen) atoms. The lowest BCUT2D eigenvalue weighted by Crippen LogP contribution is -2.36. The van der Waals surface area contributed by atoms with E-state index in [2.05, 4.69) is 9.47 Å². The van der Waals surface area contributed by atoms with Crippen LogP contribution in [0.2, 0.25) is 0 Å². The highest BCUT2D eigenvalue weighted by Crippen LogP contribution is 2.15. The van der Waals surface area contributed by atoms with Gasteiger partial charge in [0.25, 0.3) is 0 Å². The Kier molecular flexibility index (Phi) is 6.31. The Labute approximate surface area is 105 Å². The summed E-state index contributed by atoms with van der Waals surface area (Å²) in [6.07, 6.45) is -3.06. The van der Waals surface area contributed by atoms with E-state index in [1.54, 1.807) is 0 Å². The lowest BCUT2D eigenvalue weighted by molar-refractivity contribution is -0.172. The predicted octanol–water partition coefficient (Wildman–Crippen LogP) is 0.451. The first kappa shape index (κ1) is 16.7. The molecule has 6 nitrogen and oxygen atoms in total. The van der Waals surface area contributed by atoms with E-state index in [4.69, 9.17) is 0 Å². The van der Waals surface area contributed by atoms with E-state index in [-0.39, 0.29) is 0 Å². The van der Waals surface area contributed by atoms with Crippen LogP contribution in [0, 0.1) is 0 Å². The zero-order chi connectivity index (χ0) is 15.1. The maximum absolute atomic E-state index is 12.0. The standard InChI is InChI=1S/C10H10F3NO5/c1-18-7(15)4-3-6(5-8(16)19-2)14-9(17)10(11,12)13/h3-5H,1-2H3,(H,14,17)/b4-3+,6-5-. The molecule has 0 aromatic rings. The van der Waals surface area contributed by atoms with Crippen molar-refractivity contribution in [3.8, 4) is 0 Å². The van der Waals surface area contributed by atoms with Crippen molar-refractivity contribution in [2.24, 2.45) is 0 Å². The van der Waals surface area contributed by atoms with Gasteiger partial charge in [-0.1, -0.05) is 0 Å². The van der Waals surface area contributed by atoms with Gasteiger partial charge in [0.2, 0.25) is 0 Å². The molecule has 0 unspecified atom stereocenters. The number of nitrogens with one attached hydrogen (secondary N) is 1. The highest BCUT2D eigenvalue weighted by Gasteiger charge is 2.38. The molecule has 0 saturated carbocycles. The van der Waals surface area contributed by atoms with Crippen LogP contribution in [0.25, 0.3) is 0 Å². The number of hydrogen-bond acceptors (Lipinski definition) is 5. The molecule has 0 aliphatic rings. The predicted molar refractivity (Wildman–Crippen MR) is 55.5 cm³/mol. The summed E-state index contributed by atoms with van der Waals surface area (Å²) in [5.41, 5.74) is -0.570. The van der Waals surface area contributed by atoms with Gasteiger partial charge in [-0.25, -0.2) is 9.59 Å². The van der Waals surface area contributed by atoms with E-state index in [0.717, 1.165) is 26.4 Å². The first-order valence-electron chi connectivity index (χ1n) is 4.64. The number of hydrogen-bond donors (Lipinski definition) is 1. The number of ether oxygens (including phenoxy) is 2. The van der Waals surface area contributed by atoms with Gasteiger partial charge < -0.3 is 14.8 Å². The Morgan fingerprint density at radius 1 is 1.00 bits per heavy atom. The first-order chi connectivity index (χ1) is 8.70. The molecule has 0 aromatic carbocycles. The maximum Gasteiger partial charge on any atom is 0.471 e. The molecule has 1 amide bonds. The molecule has 0 aromatic heterocycles. The Balaban J connectivity index is 5.04. The van der Waals surface area contributed by atoms with E-state index < -0.39 is 29.7 Å². The second kappa shape index (κ2) is 7.19. The van der Waals surface area contributed by atoms with Crippen LogP contribution in [0.5, 0.6) is 0 Å². The van der Waals surface area contributed by atoms with E-state index >= 15 is 0 Å². The summed E-state index contributed by atoms with van der Waals surface area (Å²) in [6.45, 7) is 0. The molecule has 0 aliphatic heterocycles. The van der Waals surface area contributed by atoms with Crippen LogP contribution in [0.4, 0.5) is 13.2 Å². The van der Waals surface area contributed by atoms with Crippen molar-refractivity contribution in [3.63, 3.8) is 0 Å². The van der Waals surface area contributed by atoms with Crippen LogP contribution in [0.1, 0.15) is 0 Å². The number of carbonyl (C=O) groups is 3. The van der Waals surface area contributed by atoms with Gasteiger partial charge in [0.05, 0.1) is 14.2 Å². The number of halogens is 3. The average Bonchev–Trinajstić information content (AvgIpc) is 2.33. The zero-order valence-corrected chi connectivity index (χ0v) is 9.91. The summed E-state index contributed by atoms with van der Waals surface area (Å²) >= 11 is 0. The van der Waals surface area contributed by atoms with Crippen molar-refractivity contribution in [1.82, 2.24) is 5.32 Å². The summed E-state index contributed by atoms with van der Waals surface area (Å²) in [5.74, 6) is -4.18. The largest absolute Gasteiger partial charge is 0.471 e. The molecule has 9 heteroatoms. The van der Waals surface area contributed by atoms with Crippen molar-refractivity contribution >= 4 is 17.8 Å². The molecular formula is C10H10F3NO5. The smallest absolute Gasteiger partial charge is 0.466 e. The van der Waals surface area contributed by atoms with Crippen LogP contribution in [0.3, 0.4) is 0 Å². The summed E-state index contributed by atoms with van der Waals surface area (Å²) in [7, 11) is 2.04. The van der Waals surface area contributed by atoms with Crippen molar-refractivity contribution in [2.75, 3.05) is 14.2 Å². The van der Waals surface area contributed by atoms with Crippen molar-refractivity contribution in [1.29, 1.82) is 0 Å². The van der Waals surface area contributed by atoms with Crippen LogP contribution in [-0.2, 0) is 23.9 Å². The third-order valence-electron chi connectivity index (χ3n) is 1.59. The second-order valence-corrected chi connectivity index (χ2v) is 2.93. The number of allylic oxidation sites excluding steroid dienone is 1. The second-order valence-electron chi connectivity index (χ2n) is 2.93. The lowest BCUT2D eigenvalue weighted by Gasteiger charge is -2.08. The van der Waals surface area contributed by atoms with Crippen LogP contribution >= 0.6 is 0 Å². The quantitative estimate of drug-likeness (QED) is 0.459. The third kappa shape index (κ3) is 6.86. The first-order valence-corrected chi connectivity index (χ1v) is 4.64. The van der Waals surface area contributed by atoms with Gasteiger partial charge in [-0.05, 0) is 6.08 Å². The summed E-state index contributed by atoms with van der Waals surface area (Å²) in [5, 5.41) is 1.40. The van der Waals surface area contributed by atoms with E-state index in [1.807, 2.05) is 0 Å². The van der Waals surface area contributed by atoms with Gasteiger partial charge in [0.15, 0.2) is 0 Å². The fraction of sp³-hybridized carbons (Fsp3) is 0.300. The fourth-order valence-corrected chi connectivity index (χ4v) is 0.740. The number of rotatable bonds is 4. The number of esters is 2. The number of methoxy groups -OCH3 is 2. The Morgan fingerprint density at radius 3 is 1.95 bits per heavy atom. The minimum absolute atomic E-state index is 0.570. The van der Waals surface area contributed by atoms with Crippen molar-refractivity contribution in [2.45, 2.75) is 6.18 Å². The van der Waals surface area contributed by atoms with E-state index in [1.165, 1.54) is 5.32 Å². The van der Waals surface area contributed by atoms with Crippen molar-refractivity contribution < 1.29 is 37.0 Å². The van der Waals surface area contributed by atoms with Gasteiger partial charge in [0.1, 0.15) is 0 Å². The third-order valence-corrected chi connectivity index (χ3v) is 1.59. The maximum atomic E-state index is 12.0. The molecular weight excluding hydrogens is 271 g/mol. The molecule has 1 N–H and O–H groups in total. The molecule has 0 saturated heterocycles. The highest BCUT2D eigenvalue weighted by atomic mass is 19.4. The van der Waals surface area contributed by atoms with Gasteiger partial charge in [-0.2, -0.15) is 13.2 Å². The molecule has 0 rings (SSSR count). The van der Waals surface area contributed by atoms with E-state index in [0.29, 0.717) is 6.08 Å². The van der Waals surface area contributed by atoms with Crippen LogP contribution < -0.4 is 5.32 Å². The Bertz CT molecular complexity index is 425. The summed E-state index contributed by atoms with van der Waals surface area (Å²) in [4.78, 5) is 32.3. The monoisotopic (exact) mass is 281 g/mol. The molecule has 0 fully saturated rings. The molecule has 0 spiro atoms. The van der Waals surface area contributed by atoms with Gasteiger partial charge in [-0.15, -0.1) is 0 Å².